The lowest BCUT2D eigenvalue weighted by Gasteiger charge is -2.30. The summed E-state index contributed by atoms with van der Waals surface area (Å²) in [7, 11) is -3.75. The molecule has 5 nitrogen and oxygen atoms in total. The zero-order chi connectivity index (χ0) is 18.3. The van der Waals surface area contributed by atoms with Crippen LogP contribution in [0, 0.1) is 0 Å². The molecule has 3 aromatic rings. The van der Waals surface area contributed by atoms with Gasteiger partial charge in [0.05, 0.1) is 21.1 Å². The van der Waals surface area contributed by atoms with E-state index in [1.54, 1.807) is 42.6 Å². The largest absolute Gasteiger partial charge is 0.367 e. The van der Waals surface area contributed by atoms with E-state index < -0.39 is 10.0 Å². The number of fused-ring (bicyclic) bond motifs is 1. The van der Waals surface area contributed by atoms with E-state index in [2.05, 4.69) is 10.2 Å². The van der Waals surface area contributed by atoms with Crippen LogP contribution < -0.4 is 10.2 Å². The summed E-state index contributed by atoms with van der Waals surface area (Å²) in [5, 5.41) is 5.14. The lowest BCUT2D eigenvalue weighted by atomic mass is 10.2. The normalized spacial score (nSPS) is 15.0. The highest BCUT2D eigenvalue weighted by molar-refractivity contribution is 7.90. The van der Waals surface area contributed by atoms with Crippen LogP contribution in [0.4, 0.5) is 5.69 Å². The van der Waals surface area contributed by atoms with Crippen LogP contribution in [0.25, 0.3) is 10.9 Å². The predicted octanol–water partition coefficient (Wildman–Crippen LogP) is 4.02. The Bertz CT molecular complexity index is 1080. The molecule has 0 atom stereocenters. The van der Waals surface area contributed by atoms with Crippen molar-refractivity contribution >= 4 is 62.2 Å². The summed E-state index contributed by atoms with van der Waals surface area (Å²) >= 11 is 12.4. The number of nitrogens with zero attached hydrogens (tertiary/aromatic N) is 2. The van der Waals surface area contributed by atoms with Crippen molar-refractivity contribution in [3.05, 3.63) is 58.7 Å². The minimum absolute atomic E-state index is 0. The minimum Gasteiger partial charge on any atom is -0.367 e. The van der Waals surface area contributed by atoms with Gasteiger partial charge in [-0.05, 0) is 36.4 Å². The SMILES string of the molecule is Cl.O=S(=O)(c1cccc(Cl)c1)n1ccc2c(N3CCNCC3)c(Cl)ccc21. The lowest BCUT2D eigenvalue weighted by Crippen LogP contribution is -2.43. The fourth-order valence-corrected chi connectivity index (χ4v) is 5.24. The molecule has 9 heteroatoms. The molecule has 144 valence electrons. The van der Waals surface area contributed by atoms with Crippen molar-refractivity contribution < 1.29 is 8.42 Å². The quantitative estimate of drug-likeness (QED) is 0.660. The summed E-state index contributed by atoms with van der Waals surface area (Å²) in [5.41, 5.74) is 1.48. The molecule has 2 heterocycles. The number of aromatic nitrogens is 1. The van der Waals surface area contributed by atoms with Crippen LogP contribution in [-0.2, 0) is 10.0 Å². The summed E-state index contributed by atoms with van der Waals surface area (Å²) < 4.78 is 27.5. The Hall–Kier alpha value is -1.44. The Morgan fingerprint density at radius 1 is 1.00 bits per heavy atom. The van der Waals surface area contributed by atoms with Crippen molar-refractivity contribution in [3.8, 4) is 0 Å². The van der Waals surface area contributed by atoms with Crippen LogP contribution in [0.3, 0.4) is 0 Å². The maximum atomic E-state index is 13.1. The Labute approximate surface area is 174 Å². The molecule has 1 N–H and O–H groups in total. The van der Waals surface area contributed by atoms with E-state index in [9.17, 15) is 8.42 Å². The van der Waals surface area contributed by atoms with E-state index in [0.29, 0.717) is 15.6 Å². The van der Waals surface area contributed by atoms with Gasteiger partial charge in [0.2, 0.25) is 0 Å². The van der Waals surface area contributed by atoms with Gasteiger partial charge in [-0.1, -0.05) is 29.3 Å². The highest BCUT2D eigenvalue weighted by atomic mass is 35.5. The van der Waals surface area contributed by atoms with Crippen LogP contribution in [0.1, 0.15) is 0 Å². The van der Waals surface area contributed by atoms with Crippen LogP contribution in [0.15, 0.2) is 53.6 Å². The fourth-order valence-electron chi connectivity index (χ4n) is 3.31. The smallest absolute Gasteiger partial charge is 0.268 e. The number of nitrogens with one attached hydrogen (secondary N) is 1. The molecular formula is C18H18Cl3N3O2S. The van der Waals surface area contributed by atoms with Gasteiger partial charge in [0.25, 0.3) is 10.0 Å². The third-order valence-corrected chi connectivity index (χ3v) is 6.77. The van der Waals surface area contributed by atoms with E-state index in [-0.39, 0.29) is 17.3 Å². The molecule has 1 saturated heterocycles. The van der Waals surface area contributed by atoms with Gasteiger partial charge in [0.15, 0.2) is 0 Å². The number of hydrogen-bond donors (Lipinski definition) is 1. The van der Waals surface area contributed by atoms with Crippen molar-refractivity contribution in [2.75, 3.05) is 31.1 Å². The first-order valence-electron chi connectivity index (χ1n) is 8.25. The first-order valence-corrected chi connectivity index (χ1v) is 10.4. The summed E-state index contributed by atoms with van der Waals surface area (Å²) in [6.45, 7) is 3.39. The standard InChI is InChI=1S/C18H17Cl2N3O2S.ClH/c19-13-2-1-3-14(12-13)26(24,25)23-9-6-15-17(23)5-4-16(20)18(15)22-10-7-21-8-11-22;/h1-6,9,12,21H,7-8,10-11H2;1H. The van der Waals surface area contributed by atoms with E-state index in [1.807, 2.05) is 0 Å². The molecule has 1 aliphatic heterocycles. The summed E-state index contributed by atoms with van der Waals surface area (Å²) in [5.74, 6) is 0. The molecule has 0 aliphatic carbocycles. The topological polar surface area (TPSA) is 54.3 Å². The van der Waals surface area contributed by atoms with Gasteiger partial charge in [-0.25, -0.2) is 12.4 Å². The van der Waals surface area contributed by atoms with Gasteiger partial charge in [-0.3, -0.25) is 0 Å². The molecule has 27 heavy (non-hydrogen) atoms. The molecule has 0 amide bonds. The van der Waals surface area contributed by atoms with Crippen molar-refractivity contribution in [2.45, 2.75) is 4.90 Å². The number of hydrogen-bond acceptors (Lipinski definition) is 4. The van der Waals surface area contributed by atoms with Crippen LogP contribution in [0.2, 0.25) is 10.0 Å². The zero-order valence-corrected chi connectivity index (χ0v) is 17.4. The van der Waals surface area contributed by atoms with Gasteiger partial charge >= 0.3 is 0 Å². The van der Waals surface area contributed by atoms with Gasteiger partial charge < -0.3 is 10.2 Å². The minimum atomic E-state index is -3.75. The van der Waals surface area contributed by atoms with Crippen molar-refractivity contribution in [1.82, 2.24) is 9.29 Å². The monoisotopic (exact) mass is 445 g/mol. The van der Waals surface area contributed by atoms with Crippen molar-refractivity contribution in [2.24, 2.45) is 0 Å². The Balaban J connectivity index is 0.00000210. The predicted molar refractivity (Wildman–Crippen MR) is 113 cm³/mol. The fraction of sp³-hybridized carbons (Fsp3) is 0.222. The summed E-state index contributed by atoms with van der Waals surface area (Å²) in [6.07, 6.45) is 1.57. The molecule has 0 bridgehead atoms. The average Bonchev–Trinajstić information content (AvgIpc) is 3.07. The second-order valence-electron chi connectivity index (χ2n) is 6.14. The lowest BCUT2D eigenvalue weighted by molar-refractivity contribution is 0.588. The van der Waals surface area contributed by atoms with Crippen LogP contribution >= 0.6 is 35.6 Å². The second-order valence-corrected chi connectivity index (χ2v) is 8.80. The van der Waals surface area contributed by atoms with Gasteiger partial charge in [-0.15, -0.1) is 12.4 Å². The number of benzene rings is 2. The van der Waals surface area contributed by atoms with Crippen LogP contribution in [-0.4, -0.2) is 38.6 Å². The number of anilines is 1. The van der Waals surface area contributed by atoms with E-state index in [1.165, 1.54) is 10.0 Å². The molecule has 2 aromatic carbocycles. The van der Waals surface area contributed by atoms with Crippen molar-refractivity contribution in [3.63, 3.8) is 0 Å². The highest BCUT2D eigenvalue weighted by Crippen LogP contribution is 2.36. The van der Waals surface area contributed by atoms with E-state index in [0.717, 1.165) is 37.3 Å². The van der Waals surface area contributed by atoms with E-state index in [4.69, 9.17) is 23.2 Å². The molecule has 0 radical (unpaired) electrons. The third kappa shape index (κ3) is 3.65. The zero-order valence-electron chi connectivity index (χ0n) is 14.2. The summed E-state index contributed by atoms with van der Waals surface area (Å²) in [4.78, 5) is 2.35. The molecule has 0 unspecified atom stereocenters. The molecule has 1 aliphatic rings. The van der Waals surface area contributed by atoms with Crippen LogP contribution in [0.5, 0.6) is 0 Å². The highest BCUT2D eigenvalue weighted by Gasteiger charge is 2.23. The molecule has 1 fully saturated rings. The number of halogens is 3. The number of rotatable bonds is 3. The molecule has 0 saturated carbocycles. The maximum absolute atomic E-state index is 13.1. The maximum Gasteiger partial charge on any atom is 0.268 e. The Morgan fingerprint density at radius 3 is 2.44 bits per heavy atom. The van der Waals surface area contributed by atoms with Gasteiger partial charge in [0.1, 0.15) is 0 Å². The van der Waals surface area contributed by atoms with Gasteiger partial charge in [-0.2, -0.15) is 0 Å². The number of piperazine rings is 1. The second kappa shape index (κ2) is 7.89. The first kappa shape index (κ1) is 20.3. The summed E-state index contributed by atoms with van der Waals surface area (Å²) in [6, 6.07) is 11.6. The molecule has 0 spiro atoms. The van der Waals surface area contributed by atoms with E-state index >= 15 is 0 Å². The Morgan fingerprint density at radius 2 is 1.74 bits per heavy atom. The van der Waals surface area contributed by atoms with Gasteiger partial charge in [0, 0.05) is 42.8 Å². The van der Waals surface area contributed by atoms with Crippen molar-refractivity contribution in [1.29, 1.82) is 0 Å². The first-order chi connectivity index (χ1) is 12.5. The molecule has 4 rings (SSSR count). The third-order valence-electron chi connectivity index (χ3n) is 4.54. The average molecular weight is 447 g/mol. The molecule has 1 aromatic heterocycles. The molecular weight excluding hydrogens is 429 g/mol. The Kier molecular flexibility index (Phi) is 5.93.